The zero-order valence-corrected chi connectivity index (χ0v) is 11.5. The third kappa shape index (κ3) is 2.43. The molecule has 0 saturated heterocycles. The van der Waals surface area contributed by atoms with Crippen molar-refractivity contribution in [2.24, 2.45) is 5.16 Å². The van der Waals surface area contributed by atoms with Gasteiger partial charge in [-0.05, 0) is 12.5 Å². The summed E-state index contributed by atoms with van der Waals surface area (Å²) in [4.78, 5) is 0. The van der Waals surface area contributed by atoms with E-state index in [1.54, 1.807) is 6.92 Å². The Labute approximate surface area is 122 Å². The minimum Gasteiger partial charge on any atom is -0.411 e. The maximum absolute atomic E-state index is 9.04. The second-order valence-corrected chi connectivity index (χ2v) is 4.65. The number of benzene rings is 2. The number of hydrogen-bond acceptors (Lipinski definition) is 4. The SMILES string of the molecule is CC(=NO)c1onc(-c2ccccc2)c1-c1ccccc1. The summed E-state index contributed by atoms with van der Waals surface area (Å²) < 4.78 is 5.42. The van der Waals surface area contributed by atoms with E-state index >= 15 is 0 Å². The molecule has 0 unspecified atom stereocenters. The molecule has 21 heavy (non-hydrogen) atoms. The average molecular weight is 278 g/mol. The summed E-state index contributed by atoms with van der Waals surface area (Å²) in [6.45, 7) is 1.68. The smallest absolute Gasteiger partial charge is 0.192 e. The Hall–Kier alpha value is -2.88. The summed E-state index contributed by atoms with van der Waals surface area (Å²) >= 11 is 0. The fourth-order valence-electron chi connectivity index (χ4n) is 2.25. The Kier molecular flexibility index (Phi) is 3.51. The Balaban J connectivity index is 2.25. The van der Waals surface area contributed by atoms with Crippen LogP contribution in [0.15, 0.2) is 70.3 Å². The lowest BCUT2D eigenvalue weighted by Gasteiger charge is -2.04. The molecule has 0 atom stereocenters. The van der Waals surface area contributed by atoms with Crippen molar-refractivity contribution in [2.75, 3.05) is 0 Å². The molecule has 0 radical (unpaired) electrons. The van der Waals surface area contributed by atoms with Crippen LogP contribution in [-0.2, 0) is 0 Å². The Morgan fingerprint density at radius 1 is 0.952 bits per heavy atom. The van der Waals surface area contributed by atoms with E-state index in [1.807, 2.05) is 60.7 Å². The topological polar surface area (TPSA) is 58.6 Å². The van der Waals surface area contributed by atoms with E-state index in [9.17, 15) is 0 Å². The van der Waals surface area contributed by atoms with Gasteiger partial charge in [0, 0.05) is 5.56 Å². The van der Waals surface area contributed by atoms with Crippen molar-refractivity contribution < 1.29 is 9.73 Å². The normalized spacial score (nSPS) is 11.6. The van der Waals surface area contributed by atoms with Crippen LogP contribution in [0, 0.1) is 0 Å². The van der Waals surface area contributed by atoms with Gasteiger partial charge in [0.05, 0.1) is 5.56 Å². The zero-order chi connectivity index (χ0) is 14.7. The predicted molar refractivity (Wildman–Crippen MR) is 81.4 cm³/mol. The fourth-order valence-corrected chi connectivity index (χ4v) is 2.25. The largest absolute Gasteiger partial charge is 0.411 e. The van der Waals surface area contributed by atoms with E-state index in [2.05, 4.69) is 10.3 Å². The summed E-state index contributed by atoms with van der Waals surface area (Å²) in [5.74, 6) is 0.475. The van der Waals surface area contributed by atoms with Gasteiger partial charge in [0.1, 0.15) is 11.4 Å². The fraction of sp³-hybridized carbons (Fsp3) is 0.0588. The van der Waals surface area contributed by atoms with Crippen LogP contribution in [0.1, 0.15) is 12.7 Å². The molecule has 0 bridgehead atoms. The van der Waals surface area contributed by atoms with Crippen LogP contribution < -0.4 is 0 Å². The van der Waals surface area contributed by atoms with Crippen LogP contribution in [0.2, 0.25) is 0 Å². The summed E-state index contributed by atoms with van der Waals surface area (Å²) in [7, 11) is 0. The lowest BCUT2D eigenvalue weighted by Crippen LogP contribution is -1.95. The summed E-state index contributed by atoms with van der Waals surface area (Å²) in [5, 5.41) is 16.4. The molecule has 0 aliphatic carbocycles. The highest BCUT2D eigenvalue weighted by Crippen LogP contribution is 2.34. The molecule has 3 rings (SSSR count). The number of rotatable bonds is 3. The maximum Gasteiger partial charge on any atom is 0.192 e. The van der Waals surface area contributed by atoms with E-state index in [0.29, 0.717) is 11.5 Å². The van der Waals surface area contributed by atoms with Gasteiger partial charge in [-0.3, -0.25) is 0 Å². The lowest BCUT2D eigenvalue weighted by molar-refractivity contribution is 0.316. The molecule has 0 saturated carbocycles. The molecule has 1 aromatic heterocycles. The molecule has 0 aliphatic heterocycles. The zero-order valence-electron chi connectivity index (χ0n) is 11.5. The van der Waals surface area contributed by atoms with Crippen molar-refractivity contribution in [1.29, 1.82) is 0 Å². The Morgan fingerprint density at radius 3 is 2.10 bits per heavy atom. The van der Waals surface area contributed by atoms with Crippen LogP contribution in [0.25, 0.3) is 22.4 Å². The Morgan fingerprint density at radius 2 is 1.52 bits per heavy atom. The monoisotopic (exact) mass is 278 g/mol. The second-order valence-electron chi connectivity index (χ2n) is 4.65. The van der Waals surface area contributed by atoms with Gasteiger partial charge in [-0.2, -0.15) is 0 Å². The van der Waals surface area contributed by atoms with E-state index in [1.165, 1.54) is 0 Å². The predicted octanol–water partition coefficient (Wildman–Crippen LogP) is 4.21. The van der Waals surface area contributed by atoms with Gasteiger partial charge in [-0.25, -0.2) is 0 Å². The summed E-state index contributed by atoms with van der Waals surface area (Å²) in [6.07, 6.45) is 0. The van der Waals surface area contributed by atoms with Crippen molar-refractivity contribution in [2.45, 2.75) is 6.92 Å². The van der Waals surface area contributed by atoms with Crippen LogP contribution in [0.5, 0.6) is 0 Å². The quantitative estimate of drug-likeness (QED) is 0.443. The molecule has 1 N–H and O–H groups in total. The first kappa shape index (κ1) is 13.1. The third-order valence-corrected chi connectivity index (χ3v) is 3.28. The van der Waals surface area contributed by atoms with Crippen LogP contribution in [0.3, 0.4) is 0 Å². The van der Waals surface area contributed by atoms with Crippen molar-refractivity contribution in [3.63, 3.8) is 0 Å². The molecule has 2 aromatic carbocycles. The van der Waals surface area contributed by atoms with Gasteiger partial charge in [0.2, 0.25) is 0 Å². The van der Waals surface area contributed by atoms with Gasteiger partial charge in [-0.1, -0.05) is 71.0 Å². The molecule has 0 spiro atoms. The van der Waals surface area contributed by atoms with E-state index in [0.717, 1.165) is 22.4 Å². The molecule has 3 aromatic rings. The highest BCUT2D eigenvalue weighted by atomic mass is 16.5. The number of oxime groups is 1. The minimum absolute atomic E-state index is 0.392. The average Bonchev–Trinajstić information content (AvgIpc) is 3.00. The van der Waals surface area contributed by atoms with E-state index in [-0.39, 0.29) is 0 Å². The molecular formula is C17H14N2O2. The summed E-state index contributed by atoms with van der Waals surface area (Å²) in [5.41, 5.74) is 3.88. The lowest BCUT2D eigenvalue weighted by atomic mass is 9.98. The van der Waals surface area contributed by atoms with Gasteiger partial charge in [0.15, 0.2) is 5.76 Å². The molecule has 104 valence electrons. The van der Waals surface area contributed by atoms with Crippen LogP contribution >= 0.6 is 0 Å². The molecule has 0 fully saturated rings. The highest BCUT2D eigenvalue weighted by molar-refractivity contribution is 6.04. The van der Waals surface area contributed by atoms with Crippen LogP contribution in [-0.4, -0.2) is 16.1 Å². The second kappa shape index (κ2) is 5.63. The van der Waals surface area contributed by atoms with Crippen molar-refractivity contribution in [3.8, 4) is 22.4 Å². The van der Waals surface area contributed by atoms with Crippen molar-refractivity contribution in [1.82, 2.24) is 5.16 Å². The Bertz CT molecular complexity index is 762. The first-order valence-corrected chi connectivity index (χ1v) is 6.61. The highest BCUT2D eigenvalue weighted by Gasteiger charge is 2.21. The number of nitrogens with zero attached hydrogens (tertiary/aromatic N) is 2. The molecule has 4 heteroatoms. The van der Waals surface area contributed by atoms with Crippen molar-refractivity contribution in [3.05, 3.63) is 66.4 Å². The van der Waals surface area contributed by atoms with E-state index < -0.39 is 0 Å². The first-order valence-electron chi connectivity index (χ1n) is 6.61. The van der Waals surface area contributed by atoms with Crippen molar-refractivity contribution >= 4 is 5.71 Å². The molecular weight excluding hydrogens is 264 g/mol. The minimum atomic E-state index is 0.392. The first-order chi connectivity index (χ1) is 10.3. The number of hydrogen-bond donors (Lipinski definition) is 1. The van der Waals surface area contributed by atoms with Gasteiger partial charge >= 0.3 is 0 Å². The van der Waals surface area contributed by atoms with Gasteiger partial charge < -0.3 is 9.73 Å². The van der Waals surface area contributed by atoms with Gasteiger partial charge in [0.25, 0.3) is 0 Å². The maximum atomic E-state index is 9.04. The molecule has 0 amide bonds. The van der Waals surface area contributed by atoms with Crippen LogP contribution in [0.4, 0.5) is 0 Å². The number of aromatic nitrogens is 1. The van der Waals surface area contributed by atoms with Gasteiger partial charge in [-0.15, -0.1) is 0 Å². The molecule has 0 aliphatic rings. The standard InChI is InChI=1S/C17H14N2O2/c1-12(18-20)17-15(13-8-4-2-5-9-13)16(19-21-17)14-10-6-3-7-11-14/h2-11,20H,1H3. The molecule has 4 nitrogen and oxygen atoms in total. The molecule has 1 heterocycles. The summed E-state index contributed by atoms with van der Waals surface area (Å²) in [6, 6.07) is 19.6. The third-order valence-electron chi connectivity index (χ3n) is 3.28. The van der Waals surface area contributed by atoms with E-state index in [4.69, 9.17) is 9.73 Å².